The quantitative estimate of drug-likeness (QED) is 0.110. The topological polar surface area (TPSA) is 274 Å². The molecule has 0 aliphatic heterocycles. The molecule has 0 aromatic heterocycles. The highest BCUT2D eigenvalue weighted by atomic mass is 32.1. The first-order chi connectivity index (χ1) is 14.3. The van der Waals surface area contributed by atoms with E-state index in [1.807, 2.05) is 10.6 Å². The Hall–Kier alpha value is -3.40. The molecule has 0 heterocycles. The average molecular weight is 464 g/mol. The summed E-state index contributed by atoms with van der Waals surface area (Å²) in [5, 5.41) is 23.8. The Balaban J connectivity index is 5.47. The molecule has 16 heteroatoms. The van der Waals surface area contributed by atoms with E-state index in [0.29, 0.717) is 0 Å². The SMILES string of the molecule is NC(=O)CC(NC(=O)C(N)CC(=O)O)C(=O)NC(CC(N)=O)C(=O)NC(CS)C(=O)O. The van der Waals surface area contributed by atoms with Gasteiger partial charge in [0.05, 0.1) is 25.3 Å². The van der Waals surface area contributed by atoms with Gasteiger partial charge in [-0.15, -0.1) is 0 Å². The molecule has 0 aromatic carbocycles. The summed E-state index contributed by atoms with van der Waals surface area (Å²) in [5.74, 6) is -8.55. The summed E-state index contributed by atoms with van der Waals surface area (Å²) in [7, 11) is 0. The van der Waals surface area contributed by atoms with Crippen LogP contribution in [0.5, 0.6) is 0 Å². The van der Waals surface area contributed by atoms with Crippen molar-refractivity contribution in [1.82, 2.24) is 16.0 Å². The zero-order valence-corrected chi connectivity index (χ0v) is 17.0. The second-order valence-corrected chi connectivity index (χ2v) is 6.61. The number of hydrogen-bond acceptors (Lipinski definition) is 9. The van der Waals surface area contributed by atoms with Gasteiger partial charge >= 0.3 is 11.9 Å². The van der Waals surface area contributed by atoms with Crippen LogP contribution in [0.15, 0.2) is 0 Å². The van der Waals surface area contributed by atoms with Crippen LogP contribution in [-0.2, 0) is 33.6 Å². The van der Waals surface area contributed by atoms with E-state index in [1.165, 1.54) is 0 Å². The minimum absolute atomic E-state index is 0.305. The Labute approximate surface area is 180 Å². The minimum atomic E-state index is -1.67. The summed E-state index contributed by atoms with van der Waals surface area (Å²) in [4.78, 5) is 80.9. The Kier molecular flexibility index (Phi) is 11.6. The van der Waals surface area contributed by atoms with E-state index in [-0.39, 0.29) is 5.75 Å². The second kappa shape index (κ2) is 13.0. The van der Waals surface area contributed by atoms with E-state index in [4.69, 9.17) is 27.4 Å². The molecule has 5 amide bonds. The number of carbonyl (C=O) groups excluding carboxylic acids is 5. The molecule has 31 heavy (non-hydrogen) atoms. The lowest BCUT2D eigenvalue weighted by atomic mass is 10.1. The van der Waals surface area contributed by atoms with Crippen molar-refractivity contribution in [3.05, 3.63) is 0 Å². The maximum Gasteiger partial charge on any atom is 0.327 e. The van der Waals surface area contributed by atoms with Crippen LogP contribution in [0.3, 0.4) is 0 Å². The monoisotopic (exact) mass is 464 g/mol. The van der Waals surface area contributed by atoms with Crippen molar-refractivity contribution in [2.45, 2.75) is 43.4 Å². The molecule has 0 bridgehead atoms. The van der Waals surface area contributed by atoms with Crippen molar-refractivity contribution < 1.29 is 43.8 Å². The average Bonchev–Trinajstić information content (AvgIpc) is 2.62. The third-order valence-electron chi connectivity index (χ3n) is 3.61. The van der Waals surface area contributed by atoms with E-state index in [0.717, 1.165) is 0 Å². The van der Waals surface area contributed by atoms with Gasteiger partial charge in [0, 0.05) is 5.75 Å². The van der Waals surface area contributed by atoms with Gasteiger partial charge in [-0.3, -0.25) is 28.8 Å². The molecule has 4 unspecified atom stereocenters. The van der Waals surface area contributed by atoms with Gasteiger partial charge in [0.2, 0.25) is 29.5 Å². The van der Waals surface area contributed by atoms with Crippen LogP contribution in [-0.4, -0.2) is 81.6 Å². The highest BCUT2D eigenvalue weighted by Gasteiger charge is 2.32. The smallest absolute Gasteiger partial charge is 0.327 e. The fraction of sp³-hybridized carbons (Fsp3) is 0.533. The molecular formula is C15H24N6O9S. The van der Waals surface area contributed by atoms with Crippen LogP contribution in [0.1, 0.15) is 19.3 Å². The maximum absolute atomic E-state index is 12.5. The van der Waals surface area contributed by atoms with Gasteiger partial charge in [0.15, 0.2) is 0 Å². The largest absolute Gasteiger partial charge is 0.481 e. The standard InChI is InChI=1S/C15H24N6O9S/c16-5(1-11(24)25)12(26)19-6(2-9(17)22)13(27)20-7(3-10(18)23)14(28)21-8(4-31)15(29)30/h5-8,31H,1-4,16H2,(H2,17,22)(H2,18,23)(H,19,26)(H,20,27)(H,21,28)(H,24,25)(H,29,30). The highest BCUT2D eigenvalue weighted by molar-refractivity contribution is 7.80. The molecule has 15 nitrogen and oxygen atoms in total. The summed E-state index contributed by atoms with van der Waals surface area (Å²) in [5.41, 5.74) is 15.4. The number of aliphatic carboxylic acids is 2. The second-order valence-electron chi connectivity index (χ2n) is 6.25. The number of nitrogens with two attached hydrogens (primary N) is 3. The van der Waals surface area contributed by atoms with Crippen LogP contribution in [0.2, 0.25) is 0 Å². The number of carbonyl (C=O) groups is 7. The van der Waals surface area contributed by atoms with Crippen molar-refractivity contribution >= 4 is 54.1 Å². The predicted octanol–water partition coefficient (Wildman–Crippen LogP) is -4.99. The molecule has 0 radical (unpaired) electrons. The van der Waals surface area contributed by atoms with Gasteiger partial charge in [-0.1, -0.05) is 0 Å². The third-order valence-corrected chi connectivity index (χ3v) is 3.97. The number of rotatable bonds is 14. The summed E-state index contributed by atoms with van der Waals surface area (Å²) < 4.78 is 0. The zero-order valence-electron chi connectivity index (χ0n) is 16.1. The van der Waals surface area contributed by atoms with Crippen LogP contribution in [0.25, 0.3) is 0 Å². The Morgan fingerprint density at radius 3 is 1.42 bits per heavy atom. The highest BCUT2D eigenvalue weighted by Crippen LogP contribution is 2.01. The van der Waals surface area contributed by atoms with Gasteiger partial charge in [0.1, 0.15) is 18.1 Å². The molecule has 11 N–H and O–H groups in total. The number of thiol groups is 1. The van der Waals surface area contributed by atoms with Gasteiger partial charge < -0.3 is 43.4 Å². The van der Waals surface area contributed by atoms with Gasteiger partial charge in [-0.25, -0.2) is 4.79 Å². The molecule has 0 aliphatic rings. The molecule has 0 fully saturated rings. The molecule has 0 spiro atoms. The van der Waals surface area contributed by atoms with Crippen molar-refractivity contribution in [1.29, 1.82) is 0 Å². The molecule has 0 rings (SSSR count). The summed E-state index contributed by atoms with van der Waals surface area (Å²) in [6, 6.07) is -6.34. The van der Waals surface area contributed by atoms with Crippen LogP contribution in [0, 0.1) is 0 Å². The lowest BCUT2D eigenvalue weighted by Crippen LogP contribution is -2.58. The van der Waals surface area contributed by atoms with E-state index in [1.54, 1.807) is 0 Å². The minimum Gasteiger partial charge on any atom is -0.481 e. The van der Waals surface area contributed by atoms with E-state index in [2.05, 4.69) is 17.9 Å². The Morgan fingerprint density at radius 1 is 0.710 bits per heavy atom. The number of amides is 5. The molecule has 174 valence electrons. The number of hydrogen-bond donors (Lipinski definition) is 9. The number of nitrogens with one attached hydrogen (secondary N) is 3. The van der Waals surface area contributed by atoms with Crippen molar-refractivity contribution in [2.75, 3.05) is 5.75 Å². The Bertz CT molecular complexity index is 746. The Morgan fingerprint density at radius 2 is 1.10 bits per heavy atom. The van der Waals surface area contributed by atoms with Gasteiger partial charge in [0.25, 0.3) is 0 Å². The van der Waals surface area contributed by atoms with Gasteiger partial charge in [-0.05, 0) is 0 Å². The van der Waals surface area contributed by atoms with Crippen molar-refractivity contribution in [3.63, 3.8) is 0 Å². The normalized spacial score (nSPS) is 14.3. The molecular weight excluding hydrogens is 440 g/mol. The molecule has 0 aromatic rings. The molecule has 0 aliphatic carbocycles. The number of primary amides is 2. The molecule has 0 saturated carbocycles. The first-order valence-corrected chi connectivity index (χ1v) is 9.20. The number of carboxylic acid groups (broad SMARTS) is 2. The van der Waals surface area contributed by atoms with Crippen LogP contribution in [0.4, 0.5) is 0 Å². The van der Waals surface area contributed by atoms with Crippen LogP contribution < -0.4 is 33.2 Å². The maximum atomic E-state index is 12.5. The van der Waals surface area contributed by atoms with E-state index in [9.17, 15) is 33.6 Å². The zero-order chi connectivity index (χ0) is 24.3. The third kappa shape index (κ3) is 10.8. The number of carboxylic acids is 2. The fourth-order valence-electron chi connectivity index (χ4n) is 2.11. The molecule has 0 saturated heterocycles. The first kappa shape index (κ1) is 27.6. The summed E-state index contributed by atoms with van der Waals surface area (Å²) in [6.45, 7) is 0. The van der Waals surface area contributed by atoms with Gasteiger partial charge in [-0.2, -0.15) is 12.6 Å². The van der Waals surface area contributed by atoms with E-state index >= 15 is 0 Å². The summed E-state index contributed by atoms with van der Waals surface area (Å²) in [6.07, 6.45) is -2.27. The lowest BCUT2D eigenvalue weighted by Gasteiger charge is -2.23. The fourth-order valence-corrected chi connectivity index (χ4v) is 2.36. The van der Waals surface area contributed by atoms with Crippen LogP contribution >= 0.6 is 12.6 Å². The summed E-state index contributed by atoms with van der Waals surface area (Å²) >= 11 is 3.76. The van der Waals surface area contributed by atoms with E-state index < -0.39 is 84.9 Å². The van der Waals surface area contributed by atoms with Crippen molar-refractivity contribution in [3.8, 4) is 0 Å². The van der Waals surface area contributed by atoms with Crippen molar-refractivity contribution in [2.24, 2.45) is 17.2 Å². The molecule has 4 atom stereocenters. The lowest BCUT2D eigenvalue weighted by molar-refractivity contribution is -0.142. The predicted molar refractivity (Wildman–Crippen MR) is 105 cm³/mol. The first-order valence-electron chi connectivity index (χ1n) is 8.57.